The van der Waals surface area contributed by atoms with Crippen molar-refractivity contribution in [1.82, 2.24) is 10.3 Å². The van der Waals surface area contributed by atoms with Crippen molar-refractivity contribution in [2.24, 2.45) is 0 Å². The molecule has 156 valence electrons. The molecule has 2 aromatic rings. The van der Waals surface area contributed by atoms with Gasteiger partial charge in [-0.2, -0.15) is 0 Å². The maximum atomic E-state index is 12.7. The van der Waals surface area contributed by atoms with Gasteiger partial charge < -0.3 is 10.2 Å². The normalized spacial score (nSPS) is 17.2. The Hall–Kier alpha value is -2.56. The number of nitrogens with zero attached hydrogens (tertiary/aromatic N) is 2. The van der Waals surface area contributed by atoms with Crippen molar-refractivity contribution in [3.63, 3.8) is 0 Å². The number of carbonyl (C=O) groups excluding carboxylic acids is 2. The molecule has 0 spiro atoms. The van der Waals surface area contributed by atoms with E-state index in [2.05, 4.69) is 31.1 Å². The Balaban J connectivity index is 1.35. The minimum Gasteiger partial charge on any atom is -0.356 e. The highest BCUT2D eigenvalue weighted by molar-refractivity contribution is 6.30. The first-order valence-corrected chi connectivity index (χ1v) is 11.1. The molecule has 1 unspecified atom stereocenters. The molecule has 1 N–H and O–H groups in total. The molecule has 5 nitrogen and oxygen atoms in total. The summed E-state index contributed by atoms with van der Waals surface area (Å²) < 4.78 is 0. The Morgan fingerprint density at radius 2 is 1.97 bits per heavy atom. The van der Waals surface area contributed by atoms with Crippen molar-refractivity contribution >= 4 is 33.2 Å². The second kappa shape index (κ2) is 10.5. The lowest BCUT2D eigenvalue weighted by Crippen LogP contribution is -2.35. The summed E-state index contributed by atoms with van der Waals surface area (Å²) in [6.07, 6.45) is 7.73. The van der Waals surface area contributed by atoms with Crippen LogP contribution >= 0.6 is 0 Å². The van der Waals surface area contributed by atoms with Crippen LogP contribution in [0, 0.1) is 0 Å². The molecule has 7 heteroatoms. The highest BCUT2D eigenvalue weighted by Crippen LogP contribution is 2.32. The summed E-state index contributed by atoms with van der Waals surface area (Å²) in [5.41, 5.74) is 3.41. The van der Waals surface area contributed by atoms with Gasteiger partial charge >= 0.3 is 0 Å². The molecule has 1 aromatic carbocycles. The average Bonchev–Trinajstić information content (AvgIpc) is 3.11. The number of nitrogens with one attached hydrogen (secondary N) is 1. The van der Waals surface area contributed by atoms with Gasteiger partial charge in [-0.05, 0) is 55.3 Å². The molecule has 3 rings (SSSR count). The number of rotatable bonds is 9. The van der Waals surface area contributed by atoms with E-state index < -0.39 is 0 Å². The van der Waals surface area contributed by atoms with E-state index in [1.807, 2.05) is 49.3 Å². The maximum absolute atomic E-state index is 12.7. The SMILES string of the molecule is B[C@@H](C(=O)NCCCCCC(=O)N1c2ccccc2CC1C)[C@@H](B)c1cccnc1. The van der Waals surface area contributed by atoms with Crippen molar-refractivity contribution in [1.29, 1.82) is 0 Å². The summed E-state index contributed by atoms with van der Waals surface area (Å²) in [5.74, 6) is 0.300. The third-order valence-electron chi connectivity index (χ3n) is 6.22. The van der Waals surface area contributed by atoms with Crippen LogP contribution in [0.2, 0.25) is 5.82 Å². The van der Waals surface area contributed by atoms with Crippen molar-refractivity contribution in [2.75, 3.05) is 11.4 Å². The number of fused-ring (bicyclic) bond motifs is 1. The topological polar surface area (TPSA) is 62.3 Å². The summed E-state index contributed by atoms with van der Waals surface area (Å²) in [7, 11) is 4.02. The quantitative estimate of drug-likeness (QED) is 0.514. The van der Waals surface area contributed by atoms with Crippen LogP contribution in [0.25, 0.3) is 0 Å². The Bertz CT molecular complexity index is 863. The molecule has 0 saturated carbocycles. The molecule has 30 heavy (non-hydrogen) atoms. The van der Waals surface area contributed by atoms with E-state index in [1.165, 1.54) is 5.56 Å². The fourth-order valence-electron chi connectivity index (χ4n) is 4.18. The van der Waals surface area contributed by atoms with Gasteiger partial charge in [0.1, 0.15) is 15.7 Å². The Kier molecular flexibility index (Phi) is 7.72. The predicted octanol–water partition coefficient (Wildman–Crippen LogP) is 1.83. The van der Waals surface area contributed by atoms with Gasteiger partial charge in [0.2, 0.25) is 11.8 Å². The zero-order chi connectivity index (χ0) is 21.5. The Labute approximate surface area is 181 Å². The third kappa shape index (κ3) is 5.32. The van der Waals surface area contributed by atoms with Crippen molar-refractivity contribution in [3.8, 4) is 0 Å². The molecule has 0 fully saturated rings. The van der Waals surface area contributed by atoms with Crippen LogP contribution in [-0.2, 0) is 16.0 Å². The number of unbranched alkanes of at least 4 members (excludes halogenated alkanes) is 2. The van der Waals surface area contributed by atoms with E-state index in [1.54, 1.807) is 6.20 Å². The second-order valence-corrected chi connectivity index (χ2v) is 8.41. The molecular weight excluding hydrogens is 372 g/mol. The number of pyridine rings is 1. The smallest absolute Gasteiger partial charge is 0.227 e. The molecular formula is C23H31B2N3O2. The summed E-state index contributed by atoms with van der Waals surface area (Å²) >= 11 is 0. The maximum Gasteiger partial charge on any atom is 0.227 e. The minimum absolute atomic E-state index is 0.0740. The van der Waals surface area contributed by atoms with E-state index in [-0.39, 0.29) is 29.5 Å². The highest BCUT2D eigenvalue weighted by Gasteiger charge is 2.29. The number of hydrogen-bond donors (Lipinski definition) is 1. The predicted molar refractivity (Wildman–Crippen MR) is 126 cm³/mol. The first-order valence-electron chi connectivity index (χ1n) is 11.1. The molecule has 1 aliphatic heterocycles. The summed E-state index contributed by atoms with van der Waals surface area (Å²) in [6.45, 7) is 2.77. The lowest BCUT2D eigenvalue weighted by atomic mass is 9.63. The van der Waals surface area contributed by atoms with Gasteiger partial charge in [0.15, 0.2) is 0 Å². The van der Waals surface area contributed by atoms with Gasteiger partial charge in [0.05, 0.1) is 0 Å². The monoisotopic (exact) mass is 403 g/mol. The van der Waals surface area contributed by atoms with E-state index in [9.17, 15) is 9.59 Å². The van der Waals surface area contributed by atoms with Crippen LogP contribution in [0.4, 0.5) is 5.69 Å². The molecule has 0 bridgehead atoms. The largest absolute Gasteiger partial charge is 0.356 e. The highest BCUT2D eigenvalue weighted by atomic mass is 16.2. The molecule has 0 saturated heterocycles. The summed E-state index contributed by atoms with van der Waals surface area (Å²) in [6, 6.07) is 12.3. The molecule has 1 aliphatic rings. The first-order chi connectivity index (χ1) is 14.5. The fraction of sp³-hybridized carbons (Fsp3) is 0.435. The van der Waals surface area contributed by atoms with E-state index in [4.69, 9.17) is 0 Å². The Morgan fingerprint density at radius 3 is 2.73 bits per heavy atom. The second-order valence-electron chi connectivity index (χ2n) is 8.41. The lowest BCUT2D eigenvalue weighted by molar-refractivity contribution is -0.121. The fourth-order valence-corrected chi connectivity index (χ4v) is 4.18. The van der Waals surface area contributed by atoms with Gasteiger partial charge in [-0.1, -0.05) is 30.7 Å². The number of hydrogen-bond acceptors (Lipinski definition) is 3. The van der Waals surface area contributed by atoms with Crippen LogP contribution in [0.3, 0.4) is 0 Å². The van der Waals surface area contributed by atoms with Gasteiger partial charge in [-0.3, -0.25) is 14.6 Å². The number of benzene rings is 1. The number of anilines is 1. The lowest BCUT2D eigenvalue weighted by Gasteiger charge is -2.22. The van der Waals surface area contributed by atoms with E-state index in [0.717, 1.165) is 36.9 Å². The summed E-state index contributed by atoms with van der Waals surface area (Å²) in [5, 5.41) is 3.04. The van der Waals surface area contributed by atoms with Crippen LogP contribution < -0.4 is 10.2 Å². The van der Waals surface area contributed by atoms with Gasteiger partial charge in [-0.15, -0.1) is 0 Å². The molecule has 0 aliphatic carbocycles. The Morgan fingerprint density at radius 1 is 1.17 bits per heavy atom. The van der Waals surface area contributed by atoms with Gasteiger partial charge in [0.25, 0.3) is 0 Å². The van der Waals surface area contributed by atoms with Crippen LogP contribution in [-0.4, -0.2) is 45.1 Å². The summed E-state index contributed by atoms with van der Waals surface area (Å²) in [4.78, 5) is 31.2. The molecule has 2 heterocycles. The third-order valence-corrected chi connectivity index (χ3v) is 6.22. The van der Waals surface area contributed by atoms with Crippen molar-refractivity contribution in [3.05, 3.63) is 59.9 Å². The minimum atomic E-state index is -0.104. The standard InChI is InChI=1S/C23H31B2N3O2/c1-16-14-17-8-4-5-10-19(17)28(16)20(29)11-3-2-6-13-27-23(30)22(25)21(24)18-9-7-12-26-15-18/h4-5,7-10,12,15-16,21-22H,2-3,6,11,13-14,24-25H2,1H3,(H,27,30)/t16?,21-,22+/m0/s1. The van der Waals surface area contributed by atoms with E-state index >= 15 is 0 Å². The van der Waals surface area contributed by atoms with Crippen molar-refractivity contribution in [2.45, 2.75) is 56.7 Å². The zero-order valence-electron chi connectivity index (χ0n) is 18.3. The molecule has 0 radical (unpaired) electrons. The first kappa shape index (κ1) is 22.1. The van der Waals surface area contributed by atoms with Crippen LogP contribution in [0.5, 0.6) is 0 Å². The molecule has 1 aromatic heterocycles. The zero-order valence-corrected chi connectivity index (χ0v) is 18.3. The number of carbonyl (C=O) groups is 2. The molecule has 3 atom stereocenters. The van der Waals surface area contributed by atoms with Crippen molar-refractivity contribution < 1.29 is 9.59 Å². The van der Waals surface area contributed by atoms with Crippen LogP contribution in [0.1, 0.15) is 49.6 Å². The average molecular weight is 403 g/mol. The van der Waals surface area contributed by atoms with Gasteiger partial charge in [-0.25, -0.2) is 0 Å². The van der Waals surface area contributed by atoms with Gasteiger partial charge in [0, 0.05) is 42.9 Å². The van der Waals surface area contributed by atoms with E-state index in [0.29, 0.717) is 13.0 Å². The number of aromatic nitrogens is 1. The number of para-hydroxylation sites is 1. The molecule has 2 amide bonds. The van der Waals surface area contributed by atoms with Crippen LogP contribution in [0.15, 0.2) is 48.8 Å². The number of amides is 2.